The molecule has 0 saturated heterocycles. The van der Waals surface area contributed by atoms with Gasteiger partial charge in [0.2, 0.25) is 0 Å². The zero-order chi connectivity index (χ0) is 15.2. The van der Waals surface area contributed by atoms with E-state index in [2.05, 4.69) is 10.6 Å². The van der Waals surface area contributed by atoms with Crippen LogP contribution in [0.1, 0.15) is 5.56 Å². The largest absolute Gasteiger partial charge is 0.497 e. The normalized spacial score (nSPS) is 10.0. The molecule has 2 aromatic rings. The highest BCUT2D eigenvalue weighted by atomic mass is 19.2. The lowest BCUT2D eigenvalue weighted by atomic mass is 10.2. The molecule has 0 saturated carbocycles. The highest BCUT2D eigenvalue weighted by molar-refractivity contribution is 5.89. The van der Waals surface area contributed by atoms with Crippen LogP contribution in [-0.4, -0.2) is 13.1 Å². The van der Waals surface area contributed by atoms with Crippen molar-refractivity contribution in [2.24, 2.45) is 0 Å². The molecule has 2 amide bonds. The predicted octanol–water partition coefficient (Wildman–Crippen LogP) is 3.30. The number of anilines is 1. The fourth-order valence-electron chi connectivity index (χ4n) is 1.67. The summed E-state index contributed by atoms with van der Waals surface area (Å²) in [5, 5.41) is 5.03. The Morgan fingerprint density at radius 2 is 1.81 bits per heavy atom. The van der Waals surface area contributed by atoms with Crippen molar-refractivity contribution in [3.05, 3.63) is 59.7 Å². The van der Waals surface area contributed by atoms with Gasteiger partial charge in [-0.15, -0.1) is 0 Å². The van der Waals surface area contributed by atoms with Crippen molar-refractivity contribution < 1.29 is 18.3 Å². The molecule has 110 valence electrons. The van der Waals surface area contributed by atoms with Crippen LogP contribution in [0.5, 0.6) is 5.75 Å². The highest BCUT2D eigenvalue weighted by Gasteiger charge is 2.06. The van der Waals surface area contributed by atoms with E-state index in [-0.39, 0.29) is 5.69 Å². The van der Waals surface area contributed by atoms with Crippen molar-refractivity contribution in [2.75, 3.05) is 12.4 Å². The van der Waals surface area contributed by atoms with E-state index < -0.39 is 17.7 Å². The fourth-order valence-corrected chi connectivity index (χ4v) is 1.67. The summed E-state index contributed by atoms with van der Waals surface area (Å²) in [6, 6.07) is 9.85. The third-order valence-corrected chi connectivity index (χ3v) is 2.79. The minimum absolute atomic E-state index is 0.182. The zero-order valence-electron chi connectivity index (χ0n) is 11.3. The summed E-state index contributed by atoms with van der Waals surface area (Å²) in [4.78, 5) is 11.6. The number of nitrogens with one attached hydrogen (secondary N) is 2. The lowest BCUT2D eigenvalue weighted by Crippen LogP contribution is -2.28. The van der Waals surface area contributed by atoms with Gasteiger partial charge in [-0.25, -0.2) is 13.6 Å². The first-order chi connectivity index (χ1) is 10.1. The van der Waals surface area contributed by atoms with Crippen LogP contribution < -0.4 is 15.4 Å². The zero-order valence-corrected chi connectivity index (χ0v) is 11.3. The van der Waals surface area contributed by atoms with E-state index in [0.717, 1.165) is 23.4 Å². The van der Waals surface area contributed by atoms with Crippen LogP contribution >= 0.6 is 0 Å². The summed E-state index contributed by atoms with van der Waals surface area (Å²) in [7, 11) is 1.57. The number of carbonyl (C=O) groups is 1. The quantitative estimate of drug-likeness (QED) is 0.908. The Bertz CT molecular complexity index is 630. The van der Waals surface area contributed by atoms with Gasteiger partial charge >= 0.3 is 6.03 Å². The van der Waals surface area contributed by atoms with Crippen LogP contribution in [0, 0.1) is 11.6 Å². The first-order valence-corrected chi connectivity index (χ1v) is 6.21. The maximum atomic E-state index is 13.0. The number of benzene rings is 2. The lowest BCUT2D eigenvalue weighted by Gasteiger charge is -2.08. The Kier molecular flexibility index (Phi) is 4.71. The molecular formula is C15H14F2N2O2. The summed E-state index contributed by atoms with van der Waals surface area (Å²) in [6.07, 6.45) is 0. The minimum Gasteiger partial charge on any atom is -0.497 e. The van der Waals surface area contributed by atoms with Gasteiger partial charge in [0.05, 0.1) is 7.11 Å². The monoisotopic (exact) mass is 292 g/mol. The predicted molar refractivity (Wildman–Crippen MR) is 75.2 cm³/mol. The molecule has 6 heteroatoms. The van der Waals surface area contributed by atoms with E-state index in [1.54, 1.807) is 19.2 Å². The second kappa shape index (κ2) is 6.69. The standard InChI is InChI=1S/C15H14F2N2O2/c1-21-12-5-2-10(3-6-12)9-18-15(20)19-11-4-7-13(16)14(17)8-11/h2-8H,9H2,1H3,(H2,18,19,20). The molecule has 0 aromatic heterocycles. The Hall–Kier alpha value is -2.63. The van der Waals surface area contributed by atoms with E-state index in [4.69, 9.17) is 4.74 Å². The van der Waals surface area contributed by atoms with Gasteiger partial charge in [-0.1, -0.05) is 12.1 Å². The topological polar surface area (TPSA) is 50.4 Å². The summed E-state index contributed by atoms with van der Waals surface area (Å²) < 4.78 is 30.8. The second-order valence-corrected chi connectivity index (χ2v) is 4.28. The Labute approximate surface area is 120 Å². The number of rotatable bonds is 4. The first-order valence-electron chi connectivity index (χ1n) is 6.21. The molecule has 0 unspecified atom stereocenters. The molecule has 0 aliphatic rings. The van der Waals surface area contributed by atoms with Gasteiger partial charge in [0, 0.05) is 18.3 Å². The number of hydrogen-bond acceptors (Lipinski definition) is 2. The average molecular weight is 292 g/mol. The van der Waals surface area contributed by atoms with E-state index in [0.29, 0.717) is 6.54 Å². The van der Waals surface area contributed by atoms with Crippen molar-refractivity contribution in [3.8, 4) is 5.75 Å². The van der Waals surface area contributed by atoms with E-state index >= 15 is 0 Å². The van der Waals surface area contributed by atoms with Crippen molar-refractivity contribution in [1.82, 2.24) is 5.32 Å². The fraction of sp³-hybridized carbons (Fsp3) is 0.133. The smallest absolute Gasteiger partial charge is 0.319 e. The van der Waals surface area contributed by atoms with Gasteiger partial charge < -0.3 is 15.4 Å². The maximum absolute atomic E-state index is 13.0. The molecule has 0 aliphatic heterocycles. The van der Waals surface area contributed by atoms with Gasteiger partial charge in [0.25, 0.3) is 0 Å². The molecule has 0 fully saturated rings. The van der Waals surface area contributed by atoms with Crippen molar-refractivity contribution in [1.29, 1.82) is 0 Å². The Morgan fingerprint density at radius 1 is 1.10 bits per heavy atom. The highest BCUT2D eigenvalue weighted by Crippen LogP contribution is 2.13. The van der Waals surface area contributed by atoms with Gasteiger partial charge in [-0.05, 0) is 29.8 Å². The lowest BCUT2D eigenvalue weighted by molar-refractivity contribution is 0.251. The third-order valence-electron chi connectivity index (χ3n) is 2.79. The number of urea groups is 1. The van der Waals surface area contributed by atoms with Crippen molar-refractivity contribution in [3.63, 3.8) is 0 Å². The molecule has 0 spiro atoms. The number of carbonyl (C=O) groups excluding carboxylic acids is 1. The molecule has 0 radical (unpaired) electrons. The van der Waals surface area contributed by atoms with Gasteiger partial charge in [0.1, 0.15) is 5.75 Å². The number of amides is 2. The summed E-state index contributed by atoms with van der Waals surface area (Å²) in [5.41, 5.74) is 1.07. The number of ether oxygens (including phenoxy) is 1. The van der Waals surface area contributed by atoms with Crippen LogP contribution in [0.2, 0.25) is 0 Å². The minimum atomic E-state index is -1.01. The number of hydrogen-bond donors (Lipinski definition) is 2. The van der Waals surface area contributed by atoms with Crippen LogP contribution in [0.25, 0.3) is 0 Å². The molecule has 0 bridgehead atoms. The third kappa shape index (κ3) is 4.17. The summed E-state index contributed by atoms with van der Waals surface area (Å²) >= 11 is 0. The Balaban J connectivity index is 1.87. The van der Waals surface area contributed by atoms with E-state index in [1.165, 1.54) is 6.07 Å². The molecule has 4 nitrogen and oxygen atoms in total. The van der Waals surface area contributed by atoms with Crippen LogP contribution in [0.3, 0.4) is 0 Å². The van der Waals surface area contributed by atoms with Crippen molar-refractivity contribution in [2.45, 2.75) is 6.54 Å². The molecule has 2 aromatic carbocycles. The molecule has 0 heterocycles. The van der Waals surface area contributed by atoms with Gasteiger partial charge in [-0.2, -0.15) is 0 Å². The number of halogens is 2. The molecule has 0 atom stereocenters. The molecule has 2 N–H and O–H groups in total. The van der Waals surface area contributed by atoms with Gasteiger partial charge in [0.15, 0.2) is 11.6 Å². The Morgan fingerprint density at radius 3 is 2.43 bits per heavy atom. The van der Waals surface area contributed by atoms with E-state index in [9.17, 15) is 13.6 Å². The maximum Gasteiger partial charge on any atom is 0.319 e. The second-order valence-electron chi connectivity index (χ2n) is 4.28. The van der Waals surface area contributed by atoms with Gasteiger partial charge in [-0.3, -0.25) is 0 Å². The summed E-state index contributed by atoms with van der Waals surface area (Å²) in [5.74, 6) is -1.24. The molecular weight excluding hydrogens is 278 g/mol. The first kappa shape index (κ1) is 14.8. The molecule has 2 rings (SSSR count). The van der Waals surface area contributed by atoms with Crippen molar-refractivity contribution >= 4 is 11.7 Å². The van der Waals surface area contributed by atoms with Crippen LogP contribution in [0.4, 0.5) is 19.3 Å². The SMILES string of the molecule is COc1ccc(CNC(=O)Nc2ccc(F)c(F)c2)cc1. The van der Waals surface area contributed by atoms with E-state index in [1.807, 2.05) is 12.1 Å². The summed E-state index contributed by atoms with van der Waals surface area (Å²) in [6.45, 7) is 0.305. The molecule has 0 aliphatic carbocycles. The van der Waals surface area contributed by atoms with Crippen LogP contribution in [0.15, 0.2) is 42.5 Å². The average Bonchev–Trinajstić information content (AvgIpc) is 2.49. The van der Waals surface area contributed by atoms with Crippen LogP contribution in [-0.2, 0) is 6.54 Å². The number of methoxy groups -OCH3 is 1. The molecule has 21 heavy (non-hydrogen) atoms.